The minimum Gasteiger partial charge on any atom is -0.382 e. The van der Waals surface area contributed by atoms with Crippen molar-refractivity contribution in [2.24, 2.45) is 5.73 Å². The van der Waals surface area contributed by atoms with Crippen LogP contribution in [0.1, 0.15) is 22.2 Å². The van der Waals surface area contributed by atoms with Crippen LogP contribution >= 0.6 is 11.3 Å². The van der Waals surface area contributed by atoms with Crippen LogP contribution in [0, 0.1) is 0 Å². The van der Waals surface area contributed by atoms with Gasteiger partial charge in [0.2, 0.25) is 11.7 Å². The van der Waals surface area contributed by atoms with E-state index in [1.165, 1.54) is 0 Å². The zero-order valence-corrected chi connectivity index (χ0v) is 14.8. The smallest absolute Gasteiger partial charge is 0.240 e. The standard InChI is InChI=1S/C18H17N5O2S/c1-11(17(20)25)23(13-8-5-9-21-10-13)18-22-16(19)15(26-18)14(24)12-6-3-2-4-7-12/h2-11H,19H2,1H3,(H2,20,25)/t11-/m0/s1. The number of nitrogen functional groups attached to an aromatic ring is 1. The molecule has 0 fully saturated rings. The molecular weight excluding hydrogens is 350 g/mol. The zero-order valence-electron chi connectivity index (χ0n) is 14.0. The number of benzene rings is 1. The van der Waals surface area contributed by atoms with E-state index in [2.05, 4.69) is 9.97 Å². The largest absolute Gasteiger partial charge is 0.382 e. The van der Waals surface area contributed by atoms with Crippen molar-refractivity contribution in [1.29, 1.82) is 0 Å². The molecule has 0 bridgehead atoms. The van der Waals surface area contributed by atoms with Gasteiger partial charge in [-0.05, 0) is 19.1 Å². The fourth-order valence-corrected chi connectivity index (χ4v) is 3.48. The van der Waals surface area contributed by atoms with E-state index >= 15 is 0 Å². The molecule has 4 N–H and O–H groups in total. The van der Waals surface area contributed by atoms with E-state index < -0.39 is 11.9 Å². The number of aromatic nitrogens is 2. The number of hydrogen-bond donors (Lipinski definition) is 2. The number of anilines is 3. The van der Waals surface area contributed by atoms with Crippen molar-refractivity contribution in [1.82, 2.24) is 9.97 Å². The third kappa shape index (κ3) is 3.40. The van der Waals surface area contributed by atoms with Crippen LogP contribution in [0.15, 0.2) is 54.9 Å². The summed E-state index contributed by atoms with van der Waals surface area (Å²) in [7, 11) is 0. The Labute approximate surface area is 154 Å². The Bertz CT molecular complexity index is 927. The molecule has 0 saturated heterocycles. The van der Waals surface area contributed by atoms with Crippen molar-refractivity contribution in [3.05, 3.63) is 65.3 Å². The number of hydrogen-bond acceptors (Lipinski definition) is 7. The lowest BCUT2D eigenvalue weighted by molar-refractivity contribution is -0.118. The van der Waals surface area contributed by atoms with Gasteiger partial charge in [0, 0.05) is 11.8 Å². The van der Waals surface area contributed by atoms with Crippen LogP contribution in [0.4, 0.5) is 16.6 Å². The lowest BCUT2D eigenvalue weighted by Crippen LogP contribution is -2.40. The first-order chi connectivity index (χ1) is 12.5. The number of nitrogens with two attached hydrogens (primary N) is 2. The molecule has 1 atom stereocenters. The number of nitrogens with zero attached hydrogens (tertiary/aromatic N) is 3. The molecule has 1 amide bonds. The number of carbonyl (C=O) groups is 2. The van der Waals surface area contributed by atoms with Gasteiger partial charge in [-0.2, -0.15) is 0 Å². The van der Waals surface area contributed by atoms with Gasteiger partial charge in [-0.1, -0.05) is 41.7 Å². The van der Waals surface area contributed by atoms with Gasteiger partial charge in [-0.25, -0.2) is 4.98 Å². The molecule has 0 unspecified atom stereocenters. The maximum Gasteiger partial charge on any atom is 0.240 e. The van der Waals surface area contributed by atoms with E-state index in [0.717, 1.165) is 11.3 Å². The van der Waals surface area contributed by atoms with E-state index in [1.807, 2.05) is 6.07 Å². The monoisotopic (exact) mass is 367 g/mol. The highest BCUT2D eigenvalue weighted by atomic mass is 32.1. The molecule has 0 radical (unpaired) electrons. The summed E-state index contributed by atoms with van der Waals surface area (Å²) in [5, 5.41) is 0.404. The van der Waals surface area contributed by atoms with Gasteiger partial charge in [-0.15, -0.1) is 0 Å². The molecule has 2 heterocycles. The van der Waals surface area contributed by atoms with E-state index in [4.69, 9.17) is 11.5 Å². The minimum atomic E-state index is -0.690. The SMILES string of the molecule is C[C@@H](C(N)=O)N(c1cccnc1)c1nc(N)c(C(=O)c2ccccc2)s1. The zero-order chi connectivity index (χ0) is 18.7. The Morgan fingerprint density at radius 3 is 2.50 bits per heavy atom. The van der Waals surface area contributed by atoms with Gasteiger partial charge >= 0.3 is 0 Å². The van der Waals surface area contributed by atoms with Gasteiger partial charge in [0.15, 0.2) is 5.13 Å². The molecule has 3 aromatic rings. The molecule has 1 aromatic carbocycles. The molecule has 0 aliphatic heterocycles. The van der Waals surface area contributed by atoms with Crippen molar-refractivity contribution in [3.8, 4) is 0 Å². The van der Waals surface area contributed by atoms with E-state index in [9.17, 15) is 9.59 Å². The summed E-state index contributed by atoms with van der Waals surface area (Å²) in [6.07, 6.45) is 3.22. The Kier molecular flexibility index (Phi) is 4.94. The molecule has 0 aliphatic rings. The molecule has 26 heavy (non-hydrogen) atoms. The summed E-state index contributed by atoms with van der Waals surface area (Å²) in [5.74, 6) is -0.632. The van der Waals surface area contributed by atoms with Gasteiger partial charge in [0.1, 0.15) is 16.7 Å². The number of amides is 1. The highest BCUT2D eigenvalue weighted by Gasteiger charge is 2.27. The first-order valence-corrected chi connectivity index (χ1v) is 8.65. The molecule has 3 rings (SSSR count). The fourth-order valence-electron chi connectivity index (χ4n) is 2.43. The van der Waals surface area contributed by atoms with Crippen LogP contribution in [-0.2, 0) is 4.79 Å². The molecule has 132 valence electrons. The summed E-state index contributed by atoms with van der Waals surface area (Å²) in [5.41, 5.74) is 12.6. The first-order valence-electron chi connectivity index (χ1n) is 7.83. The van der Waals surface area contributed by atoms with Crippen LogP contribution in [0.2, 0.25) is 0 Å². The van der Waals surface area contributed by atoms with Crippen molar-refractivity contribution in [3.63, 3.8) is 0 Å². The maximum absolute atomic E-state index is 12.7. The van der Waals surface area contributed by atoms with Gasteiger partial charge in [0.25, 0.3) is 0 Å². The average Bonchev–Trinajstić information content (AvgIpc) is 3.04. The highest BCUT2D eigenvalue weighted by Crippen LogP contribution is 2.35. The summed E-state index contributed by atoms with van der Waals surface area (Å²) in [6.45, 7) is 1.66. The molecule has 0 spiro atoms. The predicted molar refractivity (Wildman–Crippen MR) is 101 cm³/mol. The van der Waals surface area contributed by atoms with Crippen LogP contribution in [0.5, 0.6) is 0 Å². The summed E-state index contributed by atoms with van der Waals surface area (Å²) in [4.78, 5) is 34.8. The van der Waals surface area contributed by atoms with E-state index in [1.54, 1.807) is 60.6 Å². The van der Waals surface area contributed by atoms with Crippen LogP contribution in [-0.4, -0.2) is 27.7 Å². The van der Waals surface area contributed by atoms with Crippen molar-refractivity contribution in [2.75, 3.05) is 10.6 Å². The average molecular weight is 367 g/mol. The Balaban J connectivity index is 2.04. The molecule has 0 aliphatic carbocycles. The lowest BCUT2D eigenvalue weighted by Gasteiger charge is -2.26. The lowest BCUT2D eigenvalue weighted by atomic mass is 10.1. The predicted octanol–water partition coefficient (Wildman–Crippen LogP) is 2.36. The topological polar surface area (TPSA) is 115 Å². The van der Waals surface area contributed by atoms with Crippen molar-refractivity contribution < 1.29 is 9.59 Å². The summed E-state index contributed by atoms with van der Waals surface area (Å²) < 4.78 is 0. The fraction of sp³-hybridized carbons (Fsp3) is 0.111. The third-order valence-corrected chi connectivity index (χ3v) is 4.88. The van der Waals surface area contributed by atoms with E-state index in [-0.39, 0.29) is 11.6 Å². The molecule has 8 heteroatoms. The minimum absolute atomic E-state index is 0.115. The van der Waals surface area contributed by atoms with Crippen molar-refractivity contribution in [2.45, 2.75) is 13.0 Å². The van der Waals surface area contributed by atoms with E-state index in [0.29, 0.717) is 21.3 Å². The normalized spacial score (nSPS) is 11.7. The molecule has 0 saturated carbocycles. The van der Waals surface area contributed by atoms with Crippen LogP contribution in [0.25, 0.3) is 0 Å². The third-order valence-electron chi connectivity index (χ3n) is 3.81. The first kappa shape index (κ1) is 17.6. The molecule has 7 nitrogen and oxygen atoms in total. The quantitative estimate of drug-likeness (QED) is 0.646. The highest BCUT2D eigenvalue weighted by molar-refractivity contribution is 7.18. The van der Waals surface area contributed by atoms with Gasteiger partial charge in [-0.3, -0.25) is 14.6 Å². The number of rotatable bonds is 6. The molecule has 2 aromatic heterocycles. The molecular formula is C18H17N5O2S. The number of thiazole rings is 1. The number of primary amides is 1. The second-order valence-electron chi connectivity index (χ2n) is 5.57. The maximum atomic E-state index is 12.7. The number of pyridine rings is 1. The Morgan fingerprint density at radius 1 is 1.15 bits per heavy atom. The second-order valence-corrected chi connectivity index (χ2v) is 6.54. The number of ketones is 1. The van der Waals surface area contributed by atoms with Crippen LogP contribution < -0.4 is 16.4 Å². The van der Waals surface area contributed by atoms with Gasteiger partial charge in [0.05, 0.1) is 11.9 Å². The summed E-state index contributed by atoms with van der Waals surface area (Å²) in [6, 6.07) is 11.6. The summed E-state index contributed by atoms with van der Waals surface area (Å²) >= 11 is 1.12. The van der Waals surface area contributed by atoms with Crippen LogP contribution in [0.3, 0.4) is 0 Å². The second kappa shape index (κ2) is 7.32. The van der Waals surface area contributed by atoms with Crippen molar-refractivity contribution >= 4 is 39.7 Å². The number of carbonyl (C=O) groups excluding carboxylic acids is 2. The van der Waals surface area contributed by atoms with Gasteiger partial charge < -0.3 is 16.4 Å². The Morgan fingerprint density at radius 2 is 1.88 bits per heavy atom. The Hall–Kier alpha value is -3.26.